The van der Waals surface area contributed by atoms with E-state index in [1.54, 1.807) is 11.3 Å². The Morgan fingerprint density at radius 1 is 1.04 bits per heavy atom. The normalized spacial score (nSPS) is 14.8. The number of benzene rings is 1. The average Bonchev–Trinajstić information content (AvgIpc) is 3.33. The smallest absolute Gasteiger partial charge is 0.274 e. The second kappa shape index (κ2) is 6.49. The van der Waals surface area contributed by atoms with Gasteiger partial charge in [0, 0.05) is 31.9 Å². The van der Waals surface area contributed by atoms with Crippen LogP contribution in [0.15, 0.2) is 53.9 Å². The molecule has 4 rings (SSSR count). The van der Waals surface area contributed by atoms with Crippen molar-refractivity contribution < 1.29 is 4.79 Å². The number of anilines is 1. The Morgan fingerprint density at radius 3 is 2.54 bits per heavy atom. The molecule has 0 unspecified atom stereocenters. The number of H-pyrrole nitrogens is 1. The SMILES string of the molecule is O=C(c1cc(-c2cccs2)[nH]n1)N1CCN(c2ccccc2)CC1. The van der Waals surface area contributed by atoms with E-state index in [9.17, 15) is 4.79 Å². The van der Waals surface area contributed by atoms with Crippen molar-refractivity contribution in [1.29, 1.82) is 0 Å². The Morgan fingerprint density at radius 2 is 1.83 bits per heavy atom. The molecular weight excluding hydrogens is 320 g/mol. The molecule has 1 N–H and O–H groups in total. The monoisotopic (exact) mass is 338 g/mol. The Balaban J connectivity index is 1.41. The fourth-order valence-corrected chi connectivity index (χ4v) is 3.65. The van der Waals surface area contributed by atoms with Gasteiger partial charge in [0.1, 0.15) is 0 Å². The molecule has 5 nitrogen and oxygen atoms in total. The van der Waals surface area contributed by atoms with E-state index >= 15 is 0 Å². The summed E-state index contributed by atoms with van der Waals surface area (Å²) in [5.41, 5.74) is 2.60. The molecule has 0 spiro atoms. The molecule has 1 amide bonds. The number of carbonyl (C=O) groups is 1. The van der Waals surface area contributed by atoms with E-state index in [2.05, 4.69) is 27.2 Å². The zero-order valence-corrected chi connectivity index (χ0v) is 14.0. The molecule has 0 radical (unpaired) electrons. The van der Waals surface area contributed by atoms with Crippen molar-refractivity contribution in [3.05, 3.63) is 59.6 Å². The molecule has 1 fully saturated rings. The van der Waals surface area contributed by atoms with Crippen molar-refractivity contribution >= 4 is 22.9 Å². The Hall–Kier alpha value is -2.60. The van der Waals surface area contributed by atoms with Crippen LogP contribution in [0.1, 0.15) is 10.5 Å². The van der Waals surface area contributed by atoms with Crippen LogP contribution in [0.5, 0.6) is 0 Å². The highest BCUT2D eigenvalue weighted by atomic mass is 32.1. The first kappa shape index (κ1) is 15.0. The van der Waals surface area contributed by atoms with Gasteiger partial charge >= 0.3 is 0 Å². The van der Waals surface area contributed by atoms with Crippen LogP contribution in [-0.2, 0) is 0 Å². The number of thiophene rings is 1. The molecule has 0 atom stereocenters. The molecule has 1 aliphatic heterocycles. The highest BCUT2D eigenvalue weighted by Gasteiger charge is 2.24. The largest absolute Gasteiger partial charge is 0.368 e. The first-order chi connectivity index (χ1) is 11.8. The first-order valence-corrected chi connectivity index (χ1v) is 8.88. The third-order valence-corrected chi connectivity index (χ3v) is 5.17. The topological polar surface area (TPSA) is 52.2 Å². The molecule has 24 heavy (non-hydrogen) atoms. The molecule has 0 aliphatic carbocycles. The number of piperazine rings is 1. The minimum atomic E-state index is 0.00164. The zero-order chi connectivity index (χ0) is 16.4. The molecule has 0 saturated carbocycles. The number of aromatic amines is 1. The van der Waals surface area contributed by atoms with Gasteiger partial charge in [0.15, 0.2) is 5.69 Å². The van der Waals surface area contributed by atoms with E-state index in [4.69, 9.17) is 0 Å². The van der Waals surface area contributed by atoms with Gasteiger partial charge in [-0.25, -0.2) is 0 Å². The van der Waals surface area contributed by atoms with Gasteiger partial charge in [-0.3, -0.25) is 9.89 Å². The summed E-state index contributed by atoms with van der Waals surface area (Å²) in [7, 11) is 0. The Kier molecular flexibility index (Phi) is 4.04. The van der Waals surface area contributed by atoms with Crippen molar-refractivity contribution in [1.82, 2.24) is 15.1 Å². The number of hydrogen-bond donors (Lipinski definition) is 1. The van der Waals surface area contributed by atoms with Crippen molar-refractivity contribution in [3.63, 3.8) is 0 Å². The molecule has 122 valence electrons. The van der Waals surface area contributed by atoms with E-state index in [1.807, 2.05) is 46.7 Å². The summed E-state index contributed by atoms with van der Waals surface area (Å²) in [5, 5.41) is 9.18. The summed E-state index contributed by atoms with van der Waals surface area (Å²) in [6.45, 7) is 3.12. The summed E-state index contributed by atoms with van der Waals surface area (Å²) < 4.78 is 0. The molecule has 1 aliphatic rings. The van der Waals surface area contributed by atoms with Gasteiger partial charge < -0.3 is 9.80 Å². The number of nitrogens with one attached hydrogen (secondary N) is 1. The third kappa shape index (κ3) is 2.92. The average molecular weight is 338 g/mol. The highest BCUT2D eigenvalue weighted by Crippen LogP contribution is 2.23. The summed E-state index contributed by atoms with van der Waals surface area (Å²) >= 11 is 1.63. The number of carbonyl (C=O) groups excluding carboxylic acids is 1. The van der Waals surface area contributed by atoms with E-state index < -0.39 is 0 Å². The predicted molar refractivity (Wildman–Crippen MR) is 96.5 cm³/mol. The second-order valence-electron chi connectivity index (χ2n) is 5.76. The molecule has 0 bridgehead atoms. The van der Waals surface area contributed by atoms with Gasteiger partial charge in [-0.1, -0.05) is 24.3 Å². The molecule has 3 aromatic rings. The zero-order valence-electron chi connectivity index (χ0n) is 13.2. The number of nitrogens with zero attached hydrogens (tertiary/aromatic N) is 3. The summed E-state index contributed by atoms with van der Waals surface area (Å²) in [6, 6.07) is 16.2. The Bertz CT molecular complexity index is 805. The maximum atomic E-state index is 12.7. The predicted octanol–water partition coefficient (Wildman–Crippen LogP) is 3.10. The number of rotatable bonds is 3. The van der Waals surface area contributed by atoms with Crippen LogP contribution in [0.25, 0.3) is 10.6 Å². The maximum Gasteiger partial charge on any atom is 0.274 e. The number of amides is 1. The molecular formula is C18H18N4OS. The van der Waals surface area contributed by atoms with Crippen LogP contribution in [0, 0.1) is 0 Å². The standard InChI is InChI=1S/C18H18N4OS/c23-18(16-13-15(19-20-16)17-7-4-12-24-17)22-10-8-21(9-11-22)14-5-2-1-3-6-14/h1-7,12-13H,8-11H2,(H,19,20). The highest BCUT2D eigenvalue weighted by molar-refractivity contribution is 7.13. The Labute approximate surface area is 144 Å². The fraction of sp³-hybridized carbons (Fsp3) is 0.222. The summed E-state index contributed by atoms with van der Waals surface area (Å²) in [5.74, 6) is 0.00164. The van der Waals surface area contributed by atoms with E-state index in [0.717, 1.165) is 36.8 Å². The van der Waals surface area contributed by atoms with Gasteiger partial charge in [-0.05, 0) is 29.6 Å². The lowest BCUT2D eigenvalue weighted by atomic mass is 10.2. The third-order valence-electron chi connectivity index (χ3n) is 4.27. The minimum Gasteiger partial charge on any atom is -0.368 e. The molecule has 1 aromatic carbocycles. The summed E-state index contributed by atoms with van der Waals surface area (Å²) in [4.78, 5) is 17.9. The van der Waals surface area contributed by atoms with Crippen LogP contribution in [-0.4, -0.2) is 47.2 Å². The van der Waals surface area contributed by atoms with Crippen molar-refractivity contribution in [3.8, 4) is 10.6 Å². The van der Waals surface area contributed by atoms with Gasteiger partial charge in [0.05, 0.1) is 10.6 Å². The summed E-state index contributed by atoms with van der Waals surface area (Å²) in [6.07, 6.45) is 0. The van der Waals surface area contributed by atoms with Crippen LogP contribution < -0.4 is 4.90 Å². The minimum absolute atomic E-state index is 0.00164. The second-order valence-corrected chi connectivity index (χ2v) is 6.71. The first-order valence-electron chi connectivity index (χ1n) is 8.00. The quantitative estimate of drug-likeness (QED) is 0.798. The van der Waals surface area contributed by atoms with Crippen molar-refractivity contribution in [2.45, 2.75) is 0 Å². The lowest BCUT2D eigenvalue weighted by molar-refractivity contribution is 0.0741. The van der Waals surface area contributed by atoms with Crippen molar-refractivity contribution in [2.24, 2.45) is 0 Å². The van der Waals surface area contributed by atoms with E-state index in [1.165, 1.54) is 5.69 Å². The molecule has 2 aromatic heterocycles. The van der Waals surface area contributed by atoms with Crippen LogP contribution >= 0.6 is 11.3 Å². The molecule has 3 heterocycles. The lowest BCUT2D eigenvalue weighted by Crippen LogP contribution is -2.48. The number of hydrogen-bond acceptors (Lipinski definition) is 4. The maximum absolute atomic E-state index is 12.7. The van der Waals surface area contributed by atoms with Gasteiger partial charge in [0.25, 0.3) is 5.91 Å². The number of aromatic nitrogens is 2. The number of para-hydroxylation sites is 1. The van der Waals surface area contributed by atoms with Gasteiger partial charge in [-0.2, -0.15) is 5.10 Å². The van der Waals surface area contributed by atoms with Crippen LogP contribution in [0.3, 0.4) is 0 Å². The molecule has 6 heteroatoms. The van der Waals surface area contributed by atoms with Crippen molar-refractivity contribution in [2.75, 3.05) is 31.1 Å². The molecule has 1 saturated heterocycles. The van der Waals surface area contributed by atoms with Crippen LogP contribution in [0.2, 0.25) is 0 Å². The van der Waals surface area contributed by atoms with Crippen LogP contribution in [0.4, 0.5) is 5.69 Å². The lowest BCUT2D eigenvalue weighted by Gasteiger charge is -2.35. The van der Waals surface area contributed by atoms with Gasteiger partial charge in [0.2, 0.25) is 0 Å². The fourth-order valence-electron chi connectivity index (χ4n) is 2.96. The van der Waals surface area contributed by atoms with Gasteiger partial charge in [-0.15, -0.1) is 11.3 Å². The van der Waals surface area contributed by atoms with E-state index in [0.29, 0.717) is 5.69 Å². The van der Waals surface area contributed by atoms with E-state index in [-0.39, 0.29) is 5.91 Å².